The third kappa shape index (κ3) is 5.52. The first kappa shape index (κ1) is 25.0. The highest BCUT2D eigenvalue weighted by molar-refractivity contribution is 7.97. The Hall–Kier alpha value is -3.71. The largest absolute Gasteiger partial charge is 0.491 e. The molecule has 0 radical (unpaired) electrons. The van der Waals surface area contributed by atoms with Gasteiger partial charge in [-0.25, -0.2) is 31.2 Å². The molecule has 2 aromatic heterocycles. The van der Waals surface area contributed by atoms with E-state index in [9.17, 15) is 21.6 Å². The minimum atomic E-state index is -3.82. The van der Waals surface area contributed by atoms with Crippen molar-refractivity contribution in [3.63, 3.8) is 0 Å². The zero-order valence-electron chi connectivity index (χ0n) is 19.9. The summed E-state index contributed by atoms with van der Waals surface area (Å²) < 4.78 is 56.3. The van der Waals surface area contributed by atoms with Crippen LogP contribution < -0.4 is 9.46 Å². The van der Waals surface area contributed by atoms with Gasteiger partial charge in [-0.3, -0.25) is 4.79 Å². The van der Waals surface area contributed by atoms with Gasteiger partial charge in [0.05, 0.1) is 40.4 Å². The lowest BCUT2D eigenvalue weighted by molar-refractivity contribution is 0.0976. The molecule has 11 nitrogen and oxygen atoms in total. The van der Waals surface area contributed by atoms with Gasteiger partial charge in [-0.15, -0.1) is 0 Å². The van der Waals surface area contributed by atoms with Gasteiger partial charge in [0.2, 0.25) is 10.0 Å². The van der Waals surface area contributed by atoms with Crippen LogP contribution in [-0.2, 0) is 19.9 Å². The van der Waals surface area contributed by atoms with Crippen molar-refractivity contribution in [2.75, 3.05) is 19.4 Å². The number of aromatic nitrogens is 3. The minimum absolute atomic E-state index is 0.131. The molecule has 5 rings (SSSR count). The van der Waals surface area contributed by atoms with Crippen molar-refractivity contribution in [1.29, 1.82) is 0 Å². The molecule has 0 atom stereocenters. The van der Waals surface area contributed by atoms with Crippen molar-refractivity contribution in [1.82, 2.24) is 24.4 Å². The lowest BCUT2D eigenvalue weighted by Gasteiger charge is -2.24. The number of nitrogens with zero attached hydrogens (tertiary/aromatic N) is 4. The van der Waals surface area contributed by atoms with Gasteiger partial charge in [-0.2, -0.15) is 5.10 Å². The summed E-state index contributed by atoms with van der Waals surface area (Å²) in [6, 6.07) is 10.8. The van der Waals surface area contributed by atoms with Crippen LogP contribution in [0.3, 0.4) is 0 Å². The molecule has 0 spiro atoms. The number of nitrogens with one attached hydrogen (secondary N) is 1. The number of carbonyl (C=O) groups excluding carboxylic acids is 1. The Balaban J connectivity index is 1.57. The number of ether oxygens (including phenoxy) is 1. The maximum absolute atomic E-state index is 12.8. The highest BCUT2D eigenvalue weighted by atomic mass is 32.2. The second-order valence-electron chi connectivity index (χ2n) is 8.91. The first-order valence-electron chi connectivity index (χ1n) is 11.6. The average molecular weight is 544 g/mol. The van der Waals surface area contributed by atoms with E-state index >= 15 is 0 Å². The number of hydrogen-bond donors (Lipinski definition) is 1. The number of fused-ring (bicyclic) bond motifs is 1. The Morgan fingerprint density at radius 2 is 1.86 bits per heavy atom. The van der Waals surface area contributed by atoms with E-state index in [2.05, 4.69) is 4.98 Å². The van der Waals surface area contributed by atoms with Gasteiger partial charge in [-0.1, -0.05) is 24.6 Å². The van der Waals surface area contributed by atoms with E-state index in [4.69, 9.17) is 9.84 Å². The Morgan fingerprint density at radius 3 is 2.49 bits per heavy atom. The van der Waals surface area contributed by atoms with Crippen molar-refractivity contribution >= 4 is 36.8 Å². The van der Waals surface area contributed by atoms with E-state index in [1.807, 2.05) is 35.1 Å². The second kappa shape index (κ2) is 9.63. The first-order chi connectivity index (χ1) is 17.6. The molecule has 1 N–H and O–H groups in total. The zero-order chi connectivity index (χ0) is 26.2. The fourth-order valence-corrected chi connectivity index (χ4v) is 5.29. The molecule has 13 heteroatoms. The summed E-state index contributed by atoms with van der Waals surface area (Å²) in [5.41, 5.74) is 1.80. The van der Waals surface area contributed by atoms with Gasteiger partial charge < -0.3 is 9.64 Å². The molecule has 37 heavy (non-hydrogen) atoms. The normalized spacial score (nSPS) is 17.1. The summed E-state index contributed by atoms with van der Waals surface area (Å²) in [5, 5.41) is 7.72. The van der Waals surface area contributed by atoms with Crippen molar-refractivity contribution in [3.8, 4) is 11.4 Å². The van der Waals surface area contributed by atoms with E-state index in [0.29, 0.717) is 23.3 Å². The number of sulfone groups is 1. The summed E-state index contributed by atoms with van der Waals surface area (Å²) in [6.45, 7) is 0.490. The first-order valence-corrected chi connectivity index (χ1v) is 15.1. The Bertz CT molecular complexity index is 1600. The standard InChI is InChI=1S/C24H25N5O6S2/c1-36(31,32)27-24(30)19-16-20(35-13-10-28-11-14-37(33,34)15-12-28)21-22(17-6-5-7-17)26-29(23(21)25-19)18-8-3-2-4-9-18/h2-4,8-9,11-12,14-17H,5-7,10,13H2,1H3,(H,27,30). The molecule has 1 aliphatic heterocycles. The number of sulfonamides is 1. The van der Waals surface area contributed by atoms with Gasteiger partial charge >= 0.3 is 0 Å². The fourth-order valence-electron chi connectivity index (χ4n) is 4.11. The molecule has 0 unspecified atom stereocenters. The van der Waals surface area contributed by atoms with Crippen molar-refractivity contribution in [2.45, 2.75) is 25.2 Å². The molecule has 1 fully saturated rings. The van der Waals surface area contributed by atoms with Crippen molar-refractivity contribution in [3.05, 3.63) is 71.0 Å². The lowest BCUT2D eigenvalue weighted by Crippen LogP contribution is -2.30. The molecule has 3 heterocycles. The SMILES string of the molecule is CS(=O)(=O)NC(=O)c1cc(OCCN2C=CS(=O)(=O)C=C2)c2c(C3CCC3)nn(-c3ccccc3)c2n1. The average Bonchev–Trinajstić information content (AvgIpc) is 3.17. The molecule has 0 saturated heterocycles. The van der Waals surface area contributed by atoms with E-state index in [1.165, 1.54) is 18.5 Å². The molecular formula is C24H25N5O6S2. The molecule has 0 bridgehead atoms. The molecule has 1 saturated carbocycles. The molecule has 194 valence electrons. The molecule has 1 aromatic carbocycles. The maximum Gasteiger partial charge on any atom is 0.283 e. The number of benzene rings is 1. The Labute approximate surface area is 214 Å². The van der Waals surface area contributed by atoms with E-state index in [1.54, 1.807) is 9.58 Å². The molecule has 1 aliphatic carbocycles. The van der Waals surface area contributed by atoms with Gasteiger partial charge in [0, 0.05) is 24.4 Å². The number of pyridine rings is 1. The monoisotopic (exact) mass is 543 g/mol. The van der Waals surface area contributed by atoms with Crippen molar-refractivity contribution < 1.29 is 26.4 Å². The second-order valence-corrected chi connectivity index (χ2v) is 12.4. The van der Waals surface area contributed by atoms with Crippen LogP contribution in [0.5, 0.6) is 5.75 Å². The quantitative estimate of drug-likeness (QED) is 0.453. The fraction of sp³-hybridized carbons (Fsp3) is 0.292. The maximum atomic E-state index is 12.8. The summed E-state index contributed by atoms with van der Waals surface area (Å²) in [4.78, 5) is 19.0. The highest BCUT2D eigenvalue weighted by Gasteiger charge is 2.30. The van der Waals surface area contributed by atoms with Crippen LogP contribution in [0.15, 0.2) is 59.6 Å². The van der Waals surface area contributed by atoms with E-state index in [-0.39, 0.29) is 18.2 Å². The van der Waals surface area contributed by atoms with Gasteiger partial charge in [0.1, 0.15) is 18.1 Å². The smallest absolute Gasteiger partial charge is 0.283 e. The number of carbonyl (C=O) groups is 1. The zero-order valence-corrected chi connectivity index (χ0v) is 21.6. The van der Waals surface area contributed by atoms with Crippen molar-refractivity contribution in [2.24, 2.45) is 0 Å². The Kier molecular flexibility index (Phi) is 6.50. The summed E-state index contributed by atoms with van der Waals surface area (Å²) in [7, 11) is -7.16. The molecular weight excluding hydrogens is 518 g/mol. The van der Waals surface area contributed by atoms with Crippen LogP contribution in [0.25, 0.3) is 16.7 Å². The molecule has 1 amide bonds. The third-order valence-corrected chi connectivity index (χ3v) is 7.68. The number of rotatable bonds is 8. The van der Waals surface area contributed by atoms with Crippen LogP contribution >= 0.6 is 0 Å². The minimum Gasteiger partial charge on any atom is -0.491 e. The van der Waals surface area contributed by atoms with Crippen LogP contribution in [-0.4, -0.2) is 61.8 Å². The summed E-state index contributed by atoms with van der Waals surface area (Å²) >= 11 is 0. The summed E-state index contributed by atoms with van der Waals surface area (Å²) in [6.07, 6.45) is 6.80. The van der Waals surface area contributed by atoms with Gasteiger partial charge in [-0.05, 0) is 25.0 Å². The molecule has 3 aromatic rings. The van der Waals surface area contributed by atoms with Gasteiger partial charge in [0.15, 0.2) is 15.5 Å². The topological polar surface area (TPSA) is 141 Å². The van der Waals surface area contributed by atoms with Crippen LogP contribution in [0.4, 0.5) is 0 Å². The van der Waals surface area contributed by atoms with Gasteiger partial charge in [0.25, 0.3) is 5.91 Å². The van der Waals surface area contributed by atoms with E-state index < -0.39 is 25.8 Å². The number of hydrogen-bond acceptors (Lipinski definition) is 9. The predicted octanol–water partition coefficient (Wildman–Crippen LogP) is 2.43. The molecule has 2 aliphatic rings. The Morgan fingerprint density at radius 1 is 1.16 bits per heavy atom. The van der Waals surface area contributed by atoms with Crippen LogP contribution in [0.1, 0.15) is 41.4 Å². The lowest BCUT2D eigenvalue weighted by atomic mass is 9.82. The number of para-hydroxylation sites is 1. The summed E-state index contributed by atoms with van der Waals surface area (Å²) in [5.74, 6) is -0.317. The van der Waals surface area contributed by atoms with E-state index in [0.717, 1.165) is 47.7 Å². The predicted molar refractivity (Wildman–Crippen MR) is 137 cm³/mol. The third-order valence-electron chi connectivity index (χ3n) is 6.12. The highest BCUT2D eigenvalue weighted by Crippen LogP contribution is 2.42. The van der Waals surface area contributed by atoms with Crippen LogP contribution in [0, 0.1) is 0 Å². The number of amides is 1. The van der Waals surface area contributed by atoms with Crippen LogP contribution in [0.2, 0.25) is 0 Å².